The summed E-state index contributed by atoms with van der Waals surface area (Å²) in [6.45, 7) is 10.2. The van der Waals surface area contributed by atoms with Gasteiger partial charge < -0.3 is 9.47 Å². The molecular weight excluding hydrogens is 388 g/mol. The number of hydrogen-bond acceptors (Lipinski definition) is 5. The third kappa shape index (κ3) is 6.35. The first-order valence-electron chi connectivity index (χ1n) is 6.88. The summed E-state index contributed by atoms with van der Waals surface area (Å²) in [5.74, 6) is 0.0461. The van der Waals surface area contributed by atoms with Gasteiger partial charge in [-0.05, 0) is 69.6 Å². The zero-order valence-electron chi connectivity index (χ0n) is 13.9. The van der Waals surface area contributed by atoms with Crippen molar-refractivity contribution in [1.29, 1.82) is 0 Å². The van der Waals surface area contributed by atoms with Crippen LogP contribution in [0.1, 0.15) is 41.5 Å². The maximum atomic E-state index is 12.4. The van der Waals surface area contributed by atoms with Gasteiger partial charge in [0.15, 0.2) is 0 Å². The van der Waals surface area contributed by atoms with Gasteiger partial charge in [-0.1, -0.05) is 11.6 Å². The van der Waals surface area contributed by atoms with Crippen LogP contribution in [0.4, 0.5) is 15.4 Å². The van der Waals surface area contributed by atoms with Crippen LogP contribution in [-0.4, -0.2) is 28.4 Å². The van der Waals surface area contributed by atoms with Gasteiger partial charge in [0.05, 0.1) is 5.02 Å². The zero-order chi connectivity index (χ0) is 18.0. The summed E-state index contributed by atoms with van der Waals surface area (Å²) in [5.41, 5.74) is -1.55. The van der Waals surface area contributed by atoms with E-state index in [1.165, 1.54) is 12.1 Å². The van der Waals surface area contributed by atoms with Crippen molar-refractivity contribution in [2.45, 2.75) is 52.7 Å². The van der Waals surface area contributed by atoms with Crippen LogP contribution in [-0.2, 0) is 9.47 Å². The Morgan fingerprint density at radius 3 is 1.83 bits per heavy atom. The highest BCUT2D eigenvalue weighted by atomic mass is 79.9. The molecule has 1 rings (SSSR count). The minimum absolute atomic E-state index is 0.0461. The highest BCUT2D eigenvalue weighted by molar-refractivity contribution is 9.10. The van der Waals surface area contributed by atoms with E-state index < -0.39 is 23.4 Å². The predicted octanol–water partition coefficient (Wildman–Crippen LogP) is 5.17. The lowest BCUT2D eigenvalue weighted by Gasteiger charge is -2.28. The van der Waals surface area contributed by atoms with Gasteiger partial charge >= 0.3 is 12.2 Å². The van der Waals surface area contributed by atoms with E-state index >= 15 is 0 Å². The Bertz CT molecular complexity index is 580. The highest BCUT2D eigenvalue weighted by Crippen LogP contribution is 2.26. The zero-order valence-corrected chi connectivity index (χ0v) is 16.3. The number of anilines is 1. The predicted molar refractivity (Wildman–Crippen MR) is 91.9 cm³/mol. The van der Waals surface area contributed by atoms with E-state index in [0.717, 1.165) is 4.90 Å². The first kappa shape index (κ1) is 19.7. The molecule has 0 bridgehead atoms. The van der Waals surface area contributed by atoms with E-state index in [1.54, 1.807) is 41.5 Å². The van der Waals surface area contributed by atoms with Crippen molar-refractivity contribution in [3.8, 4) is 0 Å². The van der Waals surface area contributed by atoms with Gasteiger partial charge in [0, 0.05) is 0 Å². The van der Waals surface area contributed by atoms with Crippen molar-refractivity contribution >= 4 is 45.5 Å². The molecule has 2 amide bonds. The molecule has 0 aromatic carbocycles. The third-order valence-corrected chi connectivity index (χ3v) is 3.31. The molecule has 0 N–H and O–H groups in total. The fraction of sp³-hybridized carbons (Fsp3) is 0.533. The Balaban J connectivity index is 3.22. The van der Waals surface area contributed by atoms with Crippen LogP contribution >= 0.6 is 27.5 Å². The SMILES string of the molecule is CC(C)(C)OC(=O)N(C(=O)OC(C)(C)C)c1ccc(Cl)c(Br)n1. The molecule has 23 heavy (non-hydrogen) atoms. The highest BCUT2D eigenvalue weighted by Gasteiger charge is 2.33. The number of amides is 2. The molecule has 1 aromatic heterocycles. The molecule has 0 aliphatic carbocycles. The van der Waals surface area contributed by atoms with Crippen LogP contribution in [0.5, 0.6) is 0 Å². The average molecular weight is 408 g/mol. The average Bonchev–Trinajstić information content (AvgIpc) is 2.29. The number of aromatic nitrogens is 1. The lowest BCUT2D eigenvalue weighted by Crippen LogP contribution is -2.44. The van der Waals surface area contributed by atoms with Crippen molar-refractivity contribution < 1.29 is 19.1 Å². The van der Waals surface area contributed by atoms with E-state index in [4.69, 9.17) is 21.1 Å². The van der Waals surface area contributed by atoms with Gasteiger partial charge in [-0.15, -0.1) is 0 Å². The van der Waals surface area contributed by atoms with Crippen molar-refractivity contribution in [3.05, 3.63) is 21.8 Å². The summed E-state index contributed by atoms with van der Waals surface area (Å²) in [6, 6.07) is 2.94. The van der Waals surface area contributed by atoms with Crippen LogP contribution in [0.15, 0.2) is 16.7 Å². The number of nitrogens with zero attached hydrogens (tertiary/aromatic N) is 2. The van der Waals surface area contributed by atoms with E-state index in [2.05, 4.69) is 20.9 Å². The van der Waals surface area contributed by atoms with Crippen molar-refractivity contribution in [2.75, 3.05) is 4.90 Å². The number of hydrogen-bond donors (Lipinski definition) is 0. The van der Waals surface area contributed by atoms with E-state index in [1.807, 2.05) is 0 Å². The Labute approximate surface area is 149 Å². The molecule has 0 aliphatic heterocycles. The van der Waals surface area contributed by atoms with E-state index in [0.29, 0.717) is 9.63 Å². The Kier molecular flexibility index (Phi) is 6.04. The van der Waals surface area contributed by atoms with Crippen LogP contribution in [0.2, 0.25) is 5.02 Å². The Morgan fingerprint density at radius 2 is 1.48 bits per heavy atom. The van der Waals surface area contributed by atoms with Crippen LogP contribution in [0.25, 0.3) is 0 Å². The van der Waals surface area contributed by atoms with Gasteiger partial charge in [0.1, 0.15) is 21.6 Å². The number of rotatable bonds is 1. The number of carbonyl (C=O) groups excluding carboxylic acids is 2. The fourth-order valence-electron chi connectivity index (χ4n) is 1.41. The minimum Gasteiger partial charge on any atom is -0.443 e. The summed E-state index contributed by atoms with van der Waals surface area (Å²) in [4.78, 5) is 29.6. The van der Waals surface area contributed by atoms with Gasteiger partial charge in [-0.3, -0.25) is 0 Å². The first-order chi connectivity index (χ1) is 10.3. The summed E-state index contributed by atoms with van der Waals surface area (Å²) in [5, 5.41) is 0.349. The molecule has 0 saturated carbocycles. The van der Waals surface area contributed by atoms with Gasteiger partial charge in [0.25, 0.3) is 0 Å². The Hall–Kier alpha value is -1.34. The summed E-state index contributed by atoms with van der Waals surface area (Å²) >= 11 is 9.06. The molecule has 128 valence electrons. The second-order valence-electron chi connectivity index (χ2n) is 6.74. The van der Waals surface area contributed by atoms with Crippen LogP contribution in [0, 0.1) is 0 Å². The maximum absolute atomic E-state index is 12.4. The maximum Gasteiger partial charge on any atom is 0.425 e. The van der Waals surface area contributed by atoms with Crippen molar-refractivity contribution in [3.63, 3.8) is 0 Å². The van der Waals surface area contributed by atoms with E-state index in [-0.39, 0.29) is 5.82 Å². The quantitative estimate of drug-likeness (QED) is 0.600. The third-order valence-electron chi connectivity index (χ3n) is 2.17. The monoisotopic (exact) mass is 406 g/mol. The van der Waals surface area contributed by atoms with E-state index in [9.17, 15) is 9.59 Å². The Morgan fingerprint density at radius 1 is 1.04 bits per heavy atom. The van der Waals surface area contributed by atoms with Gasteiger partial charge in [-0.2, -0.15) is 4.90 Å². The molecule has 0 spiro atoms. The molecule has 0 radical (unpaired) electrons. The van der Waals surface area contributed by atoms with Crippen molar-refractivity contribution in [1.82, 2.24) is 4.98 Å². The largest absolute Gasteiger partial charge is 0.443 e. The van der Waals surface area contributed by atoms with Crippen LogP contribution < -0.4 is 4.90 Å². The molecule has 1 heterocycles. The minimum atomic E-state index is -0.881. The summed E-state index contributed by atoms with van der Waals surface area (Å²) in [6.07, 6.45) is -1.76. The molecule has 0 saturated heterocycles. The standard InChI is InChI=1S/C15H20BrClN2O4/c1-14(2,3)22-12(20)19(13(21)23-15(4,5)6)10-8-7-9(17)11(16)18-10/h7-8H,1-6H3. The number of carbonyl (C=O) groups is 2. The molecule has 8 heteroatoms. The van der Waals surface area contributed by atoms with Crippen LogP contribution in [0.3, 0.4) is 0 Å². The summed E-state index contributed by atoms with van der Waals surface area (Å²) in [7, 11) is 0. The molecule has 6 nitrogen and oxygen atoms in total. The molecule has 0 fully saturated rings. The molecule has 0 atom stereocenters. The first-order valence-corrected chi connectivity index (χ1v) is 8.05. The molecule has 0 aliphatic rings. The molecule has 1 aromatic rings. The number of pyridine rings is 1. The number of ether oxygens (including phenoxy) is 2. The second kappa shape index (κ2) is 7.05. The fourth-order valence-corrected chi connectivity index (χ4v) is 1.83. The normalized spacial score (nSPS) is 11.8. The topological polar surface area (TPSA) is 68.7 Å². The molecule has 0 unspecified atom stereocenters. The second-order valence-corrected chi connectivity index (χ2v) is 7.90. The number of imide groups is 1. The summed E-state index contributed by atoms with van der Waals surface area (Å²) < 4.78 is 10.8. The lowest BCUT2D eigenvalue weighted by molar-refractivity contribution is 0.0429. The van der Waals surface area contributed by atoms with Gasteiger partial charge in [-0.25, -0.2) is 14.6 Å². The molecular formula is C15H20BrClN2O4. The van der Waals surface area contributed by atoms with Crippen molar-refractivity contribution in [2.24, 2.45) is 0 Å². The smallest absolute Gasteiger partial charge is 0.425 e. The lowest BCUT2D eigenvalue weighted by atomic mass is 10.2. The van der Waals surface area contributed by atoms with Gasteiger partial charge in [0.2, 0.25) is 0 Å². The number of halogens is 2.